The lowest BCUT2D eigenvalue weighted by molar-refractivity contribution is 0.539. The minimum Gasteiger partial charge on any atom is -0.312 e. The summed E-state index contributed by atoms with van der Waals surface area (Å²) in [6.07, 6.45) is 3.07. The number of halogens is 2. The van der Waals surface area contributed by atoms with Crippen molar-refractivity contribution >= 4 is 0 Å². The lowest BCUT2D eigenvalue weighted by atomic mass is 10.1. The molecule has 2 aromatic rings. The van der Waals surface area contributed by atoms with Crippen LogP contribution in [-0.2, 0) is 6.54 Å². The summed E-state index contributed by atoms with van der Waals surface area (Å²) in [5, 5.41) is 3.17. The zero-order chi connectivity index (χ0) is 14.7. The molecule has 0 radical (unpaired) electrons. The molecular weight excluding hydrogens is 260 g/mol. The summed E-state index contributed by atoms with van der Waals surface area (Å²) in [6.45, 7) is 7.13. The molecular formula is C15H19F2N3. The Kier molecular flexibility index (Phi) is 4.49. The Labute approximate surface area is 117 Å². The van der Waals surface area contributed by atoms with Gasteiger partial charge >= 0.3 is 0 Å². The van der Waals surface area contributed by atoms with Gasteiger partial charge in [-0.1, -0.05) is 13.8 Å². The molecule has 1 aromatic carbocycles. The molecule has 20 heavy (non-hydrogen) atoms. The predicted molar refractivity (Wildman–Crippen MR) is 74.8 cm³/mol. The summed E-state index contributed by atoms with van der Waals surface area (Å²) in [5.74, 6) is -0.106. The Morgan fingerprint density at radius 1 is 1.25 bits per heavy atom. The topological polar surface area (TPSA) is 29.9 Å². The molecule has 1 aromatic heterocycles. The highest BCUT2D eigenvalue weighted by molar-refractivity contribution is 5.39. The van der Waals surface area contributed by atoms with E-state index in [1.165, 1.54) is 22.9 Å². The molecule has 0 bridgehead atoms. The summed E-state index contributed by atoms with van der Waals surface area (Å²) < 4.78 is 29.7. The Hall–Kier alpha value is -1.75. The molecule has 0 aliphatic rings. The lowest BCUT2D eigenvalue weighted by Gasteiger charge is -2.11. The van der Waals surface area contributed by atoms with E-state index in [4.69, 9.17) is 0 Å². The molecule has 0 unspecified atom stereocenters. The van der Waals surface area contributed by atoms with Gasteiger partial charge in [0.25, 0.3) is 0 Å². The van der Waals surface area contributed by atoms with Crippen molar-refractivity contribution in [3.8, 4) is 5.69 Å². The van der Waals surface area contributed by atoms with Gasteiger partial charge in [-0.3, -0.25) is 4.57 Å². The van der Waals surface area contributed by atoms with Gasteiger partial charge < -0.3 is 5.32 Å². The van der Waals surface area contributed by atoms with Gasteiger partial charge in [-0.15, -0.1) is 0 Å². The van der Waals surface area contributed by atoms with Crippen LogP contribution in [-0.4, -0.2) is 16.1 Å². The third-order valence-corrected chi connectivity index (χ3v) is 3.03. The standard InChI is InChI=1S/C15H19F2N3/c1-10(2)8-18-9-12-6-13(16)15(14(17)7-12)20-5-4-19-11(20)3/h4-7,10,18H,8-9H2,1-3H3. The molecule has 3 nitrogen and oxygen atoms in total. The molecule has 0 saturated carbocycles. The molecule has 5 heteroatoms. The number of aromatic nitrogens is 2. The Morgan fingerprint density at radius 2 is 1.90 bits per heavy atom. The Balaban J connectivity index is 2.23. The minimum atomic E-state index is -0.576. The Bertz CT molecular complexity index is 568. The second-order valence-corrected chi connectivity index (χ2v) is 5.28. The second-order valence-electron chi connectivity index (χ2n) is 5.28. The maximum atomic E-state index is 14.1. The maximum absolute atomic E-state index is 14.1. The second kappa shape index (κ2) is 6.13. The fourth-order valence-electron chi connectivity index (χ4n) is 2.07. The van der Waals surface area contributed by atoms with Crippen molar-refractivity contribution in [2.45, 2.75) is 27.3 Å². The van der Waals surface area contributed by atoms with Crippen LogP contribution in [0.2, 0.25) is 0 Å². The monoisotopic (exact) mass is 279 g/mol. The molecule has 108 valence electrons. The highest BCUT2D eigenvalue weighted by Crippen LogP contribution is 2.21. The van der Waals surface area contributed by atoms with E-state index in [2.05, 4.69) is 24.1 Å². The summed E-state index contributed by atoms with van der Waals surface area (Å²) in [7, 11) is 0. The van der Waals surface area contributed by atoms with Crippen LogP contribution in [0.15, 0.2) is 24.5 Å². The maximum Gasteiger partial charge on any atom is 0.150 e. The molecule has 0 amide bonds. The Morgan fingerprint density at radius 3 is 2.40 bits per heavy atom. The van der Waals surface area contributed by atoms with Crippen molar-refractivity contribution in [2.75, 3.05) is 6.54 Å². The van der Waals surface area contributed by atoms with E-state index < -0.39 is 11.6 Å². The zero-order valence-corrected chi connectivity index (χ0v) is 12.0. The smallest absolute Gasteiger partial charge is 0.150 e. The van der Waals surface area contributed by atoms with Gasteiger partial charge in [0.1, 0.15) is 11.5 Å². The van der Waals surface area contributed by atoms with Crippen LogP contribution in [0.25, 0.3) is 5.69 Å². The predicted octanol–water partition coefficient (Wildman–Crippen LogP) is 3.20. The van der Waals surface area contributed by atoms with Gasteiger partial charge in [0, 0.05) is 18.9 Å². The van der Waals surface area contributed by atoms with E-state index in [0.717, 1.165) is 6.54 Å². The largest absolute Gasteiger partial charge is 0.312 e. The number of imidazole rings is 1. The molecule has 0 aliphatic heterocycles. The first-order chi connectivity index (χ1) is 9.49. The van der Waals surface area contributed by atoms with Crippen molar-refractivity contribution < 1.29 is 8.78 Å². The van der Waals surface area contributed by atoms with Gasteiger partial charge in [-0.05, 0) is 37.1 Å². The van der Waals surface area contributed by atoms with Gasteiger partial charge in [-0.25, -0.2) is 13.8 Å². The highest BCUT2D eigenvalue weighted by atomic mass is 19.1. The number of nitrogens with one attached hydrogen (secondary N) is 1. The normalized spacial score (nSPS) is 11.3. The first-order valence-corrected chi connectivity index (χ1v) is 6.68. The molecule has 0 saturated heterocycles. The van der Waals surface area contributed by atoms with Crippen LogP contribution in [0.3, 0.4) is 0 Å². The fourth-order valence-corrected chi connectivity index (χ4v) is 2.07. The van der Waals surface area contributed by atoms with E-state index >= 15 is 0 Å². The number of aryl methyl sites for hydroxylation is 1. The van der Waals surface area contributed by atoms with Gasteiger partial charge in [-0.2, -0.15) is 0 Å². The summed E-state index contributed by atoms with van der Waals surface area (Å²) in [4.78, 5) is 3.98. The first-order valence-electron chi connectivity index (χ1n) is 6.68. The van der Waals surface area contributed by atoms with Crippen LogP contribution in [0.1, 0.15) is 25.2 Å². The highest BCUT2D eigenvalue weighted by Gasteiger charge is 2.14. The van der Waals surface area contributed by atoms with E-state index in [1.807, 2.05) is 0 Å². The SMILES string of the molecule is Cc1nccn1-c1c(F)cc(CNCC(C)C)cc1F. The van der Waals surface area contributed by atoms with Crippen LogP contribution >= 0.6 is 0 Å². The quantitative estimate of drug-likeness (QED) is 0.911. The summed E-state index contributed by atoms with van der Waals surface area (Å²) in [6, 6.07) is 2.73. The van der Waals surface area contributed by atoms with Crippen molar-refractivity contribution in [1.82, 2.24) is 14.9 Å². The minimum absolute atomic E-state index is 0.0763. The van der Waals surface area contributed by atoms with E-state index in [-0.39, 0.29) is 5.69 Å². The molecule has 1 heterocycles. The third kappa shape index (κ3) is 3.22. The number of rotatable bonds is 5. The van der Waals surface area contributed by atoms with Crippen molar-refractivity contribution in [3.05, 3.63) is 47.5 Å². The van der Waals surface area contributed by atoms with Gasteiger partial charge in [0.2, 0.25) is 0 Å². The number of hydrogen-bond donors (Lipinski definition) is 1. The van der Waals surface area contributed by atoms with E-state index in [1.54, 1.807) is 13.1 Å². The van der Waals surface area contributed by atoms with Crippen LogP contribution in [0.4, 0.5) is 8.78 Å². The van der Waals surface area contributed by atoms with Crippen LogP contribution < -0.4 is 5.32 Å². The molecule has 1 N–H and O–H groups in total. The molecule has 0 fully saturated rings. The molecule has 0 spiro atoms. The summed E-state index contributed by atoms with van der Waals surface area (Å²) >= 11 is 0. The number of nitrogens with zero attached hydrogens (tertiary/aromatic N) is 2. The third-order valence-electron chi connectivity index (χ3n) is 3.03. The number of hydrogen-bond acceptors (Lipinski definition) is 2. The van der Waals surface area contributed by atoms with Crippen molar-refractivity contribution in [1.29, 1.82) is 0 Å². The molecule has 0 atom stereocenters. The molecule has 2 rings (SSSR count). The van der Waals surface area contributed by atoms with Crippen molar-refractivity contribution in [2.24, 2.45) is 5.92 Å². The van der Waals surface area contributed by atoms with E-state index in [9.17, 15) is 8.78 Å². The summed E-state index contributed by atoms with van der Waals surface area (Å²) in [5.41, 5.74) is 0.523. The van der Waals surface area contributed by atoms with Crippen molar-refractivity contribution in [3.63, 3.8) is 0 Å². The first kappa shape index (κ1) is 14.7. The van der Waals surface area contributed by atoms with Crippen LogP contribution in [0, 0.1) is 24.5 Å². The van der Waals surface area contributed by atoms with Gasteiger partial charge in [0.05, 0.1) is 0 Å². The fraction of sp³-hybridized carbons (Fsp3) is 0.400. The molecule has 0 aliphatic carbocycles. The average molecular weight is 279 g/mol. The number of benzene rings is 1. The van der Waals surface area contributed by atoms with Gasteiger partial charge in [0.15, 0.2) is 11.6 Å². The average Bonchev–Trinajstić information content (AvgIpc) is 2.74. The van der Waals surface area contributed by atoms with Crippen LogP contribution in [0.5, 0.6) is 0 Å². The zero-order valence-electron chi connectivity index (χ0n) is 12.0. The van der Waals surface area contributed by atoms with E-state index in [0.29, 0.717) is 23.9 Å². The lowest BCUT2D eigenvalue weighted by Crippen LogP contribution is -2.19.